The van der Waals surface area contributed by atoms with E-state index in [-0.39, 0.29) is 0 Å². The molecule has 0 bridgehead atoms. The van der Waals surface area contributed by atoms with E-state index in [0.717, 1.165) is 23.8 Å². The molecule has 116 valence electrons. The summed E-state index contributed by atoms with van der Waals surface area (Å²) < 4.78 is 0. The van der Waals surface area contributed by atoms with Crippen molar-refractivity contribution in [1.29, 1.82) is 0 Å². The van der Waals surface area contributed by atoms with Crippen LogP contribution in [-0.4, -0.2) is 12.6 Å². The molecule has 0 heterocycles. The molecule has 2 saturated carbocycles. The number of rotatable bonds is 4. The minimum absolute atomic E-state index is 0.507. The molecule has 0 spiro atoms. The zero-order valence-electron chi connectivity index (χ0n) is 13.9. The predicted octanol–water partition coefficient (Wildman–Crippen LogP) is 4.98. The monoisotopic (exact) mass is 285 g/mol. The van der Waals surface area contributed by atoms with Gasteiger partial charge in [-0.15, -0.1) is 0 Å². The van der Waals surface area contributed by atoms with Crippen LogP contribution >= 0.6 is 0 Å². The van der Waals surface area contributed by atoms with Gasteiger partial charge in [-0.25, -0.2) is 0 Å². The van der Waals surface area contributed by atoms with Crippen LogP contribution in [0.5, 0.6) is 0 Å². The third kappa shape index (κ3) is 3.88. The smallest absolute Gasteiger partial charge is 0.0143 e. The molecule has 2 unspecified atom stereocenters. The fourth-order valence-electron chi connectivity index (χ4n) is 4.04. The fraction of sp³-hybridized carbons (Fsp3) is 0.700. The van der Waals surface area contributed by atoms with Gasteiger partial charge in [0.15, 0.2) is 0 Å². The van der Waals surface area contributed by atoms with Gasteiger partial charge >= 0.3 is 0 Å². The van der Waals surface area contributed by atoms with Crippen molar-refractivity contribution in [3.63, 3.8) is 0 Å². The third-order valence-corrected chi connectivity index (χ3v) is 5.76. The molecule has 3 rings (SSSR count). The molecule has 1 N–H and O–H groups in total. The average molecular weight is 285 g/mol. The Labute approximate surface area is 130 Å². The maximum Gasteiger partial charge on any atom is 0.0143 e. The maximum atomic E-state index is 3.83. The molecule has 0 radical (unpaired) electrons. The molecule has 0 aliphatic heterocycles. The summed E-state index contributed by atoms with van der Waals surface area (Å²) in [5.74, 6) is 2.63. The van der Waals surface area contributed by atoms with Crippen molar-refractivity contribution in [1.82, 2.24) is 5.32 Å². The van der Waals surface area contributed by atoms with E-state index in [2.05, 4.69) is 56.4 Å². The molecule has 2 fully saturated rings. The second-order valence-electron chi connectivity index (χ2n) is 8.35. The molecular weight excluding hydrogens is 254 g/mol. The lowest BCUT2D eigenvalue weighted by atomic mass is 9.70. The summed E-state index contributed by atoms with van der Waals surface area (Å²) in [6, 6.07) is 11.7. The van der Waals surface area contributed by atoms with Crippen LogP contribution in [0.2, 0.25) is 0 Å². The van der Waals surface area contributed by atoms with E-state index in [9.17, 15) is 0 Å². The van der Waals surface area contributed by atoms with Crippen LogP contribution < -0.4 is 5.32 Å². The molecule has 1 heteroatoms. The van der Waals surface area contributed by atoms with Gasteiger partial charge in [0.1, 0.15) is 0 Å². The van der Waals surface area contributed by atoms with Gasteiger partial charge in [0, 0.05) is 12.0 Å². The molecule has 0 aromatic heterocycles. The Bertz CT molecular complexity index is 437. The molecule has 21 heavy (non-hydrogen) atoms. The number of benzene rings is 1. The van der Waals surface area contributed by atoms with Crippen LogP contribution in [-0.2, 0) is 0 Å². The lowest BCUT2D eigenvalue weighted by Gasteiger charge is -2.37. The summed E-state index contributed by atoms with van der Waals surface area (Å²) in [7, 11) is 0. The highest BCUT2D eigenvalue weighted by molar-refractivity contribution is 5.27. The van der Waals surface area contributed by atoms with E-state index in [1.54, 1.807) is 0 Å². The van der Waals surface area contributed by atoms with Gasteiger partial charge in [-0.05, 0) is 61.5 Å². The first-order valence-electron chi connectivity index (χ1n) is 8.82. The second-order valence-corrected chi connectivity index (χ2v) is 8.35. The zero-order valence-corrected chi connectivity index (χ0v) is 13.9. The van der Waals surface area contributed by atoms with Crippen LogP contribution in [0.3, 0.4) is 0 Å². The van der Waals surface area contributed by atoms with Crippen LogP contribution in [0.15, 0.2) is 30.3 Å². The van der Waals surface area contributed by atoms with Crippen LogP contribution in [0.25, 0.3) is 0 Å². The first kappa shape index (κ1) is 15.1. The summed E-state index contributed by atoms with van der Waals surface area (Å²) in [5, 5.41) is 3.83. The highest BCUT2D eigenvalue weighted by Gasteiger charge is 2.38. The van der Waals surface area contributed by atoms with Crippen molar-refractivity contribution in [2.24, 2.45) is 17.3 Å². The predicted molar refractivity (Wildman–Crippen MR) is 90.5 cm³/mol. The highest BCUT2D eigenvalue weighted by Crippen LogP contribution is 2.42. The molecule has 2 aliphatic carbocycles. The van der Waals surface area contributed by atoms with Gasteiger partial charge in [0.25, 0.3) is 0 Å². The van der Waals surface area contributed by atoms with Gasteiger partial charge in [0.2, 0.25) is 0 Å². The zero-order chi connectivity index (χ0) is 14.9. The lowest BCUT2D eigenvalue weighted by molar-refractivity contribution is 0.149. The van der Waals surface area contributed by atoms with E-state index >= 15 is 0 Å². The van der Waals surface area contributed by atoms with Crippen molar-refractivity contribution in [3.8, 4) is 0 Å². The van der Waals surface area contributed by atoms with E-state index in [1.165, 1.54) is 44.2 Å². The van der Waals surface area contributed by atoms with Gasteiger partial charge < -0.3 is 5.32 Å². The minimum Gasteiger partial charge on any atom is -0.313 e. The van der Waals surface area contributed by atoms with Crippen molar-refractivity contribution >= 4 is 0 Å². The minimum atomic E-state index is 0.507. The van der Waals surface area contributed by atoms with Crippen molar-refractivity contribution in [3.05, 3.63) is 35.9 Å². The van der Waals surface area contributed by atoms with E-state index in [1.807, 2.05) is 0 Å². The molecule has 1 nitrogen and oxygen atoms in total. The Kier molecular flexibility index (Phi) is 4.40. The normalized spacial score (nSPS) is 32.9. The van der Waals surface area contributed by atoms with Crippen molar-refractivity contribution < 1.29 is 0 Å². The molecule has 2 aliphatic rings. The van der Waals surface area contributed by atoms with Crippen LogP contribution in [0.1, 0.15) is 64.4 Å². The van der Waals surface area contributed by atoms with E-state index in [0.29, 0.717) is 5.41 Å². The molecule has 2 atom stereocenters. The van der Waals surface area contributed by atoms with Crippen LogP contribution in [0, 0.1) is 17.3 Å². The first-order chi connectivity index (χ1) is 10.0. The fourth-order valence-corrected chi connectivity index (χ4v) is 4.04. The summed E-state index contributed by atoms with van der Waals surface area (Å²) in [6.07, 6.45) is 7.06. The highest BCUT2D eigenvalue weighted by atomic mass is 15.0. The quantitative estimate of drug-likeness (QED) is 0.822. The Hall–Kier alpha value is -0.820. The van der Waals surface area contributed by atoms with Crippen LogP contribution in [0.4, 0.5) is 0 Å². The maximum absolute atomic E-state index is 3.83. The van der Waals surface area contributed by atoms with Gasteiger partial charge in [-0.1, -0.05) is 51.1 Å². The summed E-state index contributed by atoms with van der Waals surface area (Å²) in [5.41, 5.74) is 2.03. The summed E-state index contributed by atoms with van der Waals surface area (Å²) in [4.78, 5) is 0. The van der Waals surface area contributed by atoms with Gasteiger partial charge in [0.05, 0.1) is 0 Å². The lowest BCUT2D eigenvalue weighted by Crippen LogP contribution is -2.31. The summed E-state index contributed by atoms with van der Waals surface area (Å²) in [6.45, 7) is 8.46. The Balaban J connectivity index is 1.38. The standard InChI is InChI=1S/C20H31N/c1-20(2,3)17-11-9-15(10-12-17)14-21-19-13-18(19)16-7-5-4-6-8-16/h4-8,15,17-19,21H,9-14H2,1-3H3. The van der Waals surface area contributed by atoms with Crippen molar-refractivity contribution in [2.75, 3.05) is 6.54 Å². The molecular formula is C20H31N. The second kappa shape index (κ2) is 6.12. The molecule has 1 aromatic carbocycles. The first-order valence-corrected chi connectivity index (χ1v) is 8.82. The largest absolute Gasteiger partial charge is 0.313 e. The molecule has 0 amide bonds. The van der Waals surface area contributed by atoms with E-state index in [4.69, 9.17) is 0 Å². The SMILES string of the molecule is CC(C)(C)C1CCC(CNC2CC2c2ccccc2)CC1. The van der Waals surface area contributed by atoms with Crippen molar-refractivity contribution in [2.45, 2.75) is 64.8 Å². The number of hydrogen-bond acceptors (Lipinski definition) is 1. The van der Waals surface area contributed by atoms with E-state index < -0.39 is 0 Å². The topological polar surface area (TPSA) is 12.0 Å². The van der Waals surface area contributed by atoms with Gasteiger partial charge in [-0.2, -0.15) is 0 Å². The molecule has 1 aromatic rings. The molecule has 0 saturated heterocycles. The number of hydrogen-bond donors (Lipinski definition) is 1. The Morgan fingerprint density at radius 3 is 2.29 bits per heavy atom. The summed E-state index contributed by atoms with van der Waals surface area (Å²) >= 11 is 0. The Morgan fingerprint density at radius 2 is 1.67 bits per heavy atom. The third-order valence-electron chi connectivity index (χ3n) is 5.76. The number of nitrogens with one attached hydrogen (secondary N) is 1. The Morgan fingerprint density at radius 1 is 1.00 bits per heavy atom. The van der Waals surface area contributed by atoms with Gasteiger partial charge in [-0.3, -0.25) is 0 Å². The average Bonchev–Trinajstić information content (AvgIpc) is 3.25.